The number of rotatable bonds is 8. The Hall–Kier alpha value is -3.42. The third kappa shape index (κ3) is 6.34. The first-order valence-electron chi connectivity index (χ1n) is 10.9. The lowest BCUT2D eigenvalue weighted by atomic mass is 10.1. The van der Waals surface area contributed by atoms with E-state index in [2.05, 4.69) is 23.3 Å². The Kier molecular flexibility index (Phi) is 7.77. The van der Waals surface area contributed by atoms with Crippen LogP contribution in [-0.2, 0) is 19.5 Å². The van der Waals surface area contributed by atoms with Crippen molar-refractivity contribution in [1.82, 2.24) is 14.5 Å². The number of carbonyl (C=O) groups is 1. The average molecular weight is 493 g/mol. The average Bonchev–Trinajstić information content (AvgIpc) is 3.33. The monoisotopic (exact) mass is 492 g/mol. The van der Waals surface area contributed by atoms with Crippen LogP contribution in [-0.4, -0.2) is 26.5 Å². The first kappa shape index (κ1) is 23.7. The van der Waals surface area contributed by atoms with Crippen LogP contribution in [0.5, 0.6) is 0 Å². The fraction of sp³-hybridized carbons (Fsp3) is 0.192. The lowest BCUT2D eigenvalue weighted by Gasteiger charge is -2.29. The molecule has 0 unspecified atom stereocenters. The number of urea groups is 1. The number of nitrogens with zero attached hydrogens (tertiary/aromatic N) is 3. The topological polar surface area (TPSA) is 67.2 Å². The van der Waals surface area contributed by atoms with Crippen LogP contribution in [0, 0.1) is 0 Å². The highest BCUT2D eigenvalue weighted by atomic mass is 35.5. The van der Waals surface area contributed by atoms with Gasteiger partial charge in [0, 0.05) is 47.0 Å². The Morgan fingerprint density at radius 1 is 1.12 bits per heavy atom. The number of aromatic nitrogens is 2. The molecule has 174 valence electrons. The van der Waals surface area contributed by atoms with E-state index in [4.69, 9.17) is 11.6 Å². The number of thiophene rings is 1. The van der Waals surface area contributed by atoms with E-state index in [0.717, 1.165) is 17.5 Å². The molecule has 8 heteroatoms. The first-order chi connectivity index (χ1) is 16.5. The highest BCUT2D eigenvalue weighted by molar-refractivity contribution is 7.09. The summed E-state index contributed by atoms with van der Waals surface area (Å²) in [7, 11) is 0. The van der Waals surface area contributed by atoms with E-state index in [0.29, 0.717) is 23.8 Å². The molecule has 0 saturated carbocycles. The molecule has 0 aliphatic rings. The van der Waals surface area contributed by atoms with Crippen molar-refractivity contribution in [3.63, 3.8) is 0 Å². The highest BCUT2D eigenvalue weighted by Gasteiger charge is 2.21. The van der Waals surface area contributed by atoms with E-state index >= 15 is 0 Å². The molecule has 4 aromatic rings. The van der Waals surface area contributed by atoms with Crippen LogP contribution in [0.3, 0.4) is 0 Å². The van der Waals surface area contributed by atoms with Gasteiger partial charge in [-0.25, -0.2) is 14.6 Å². The second kappa shape index (κ2) is 11.1. The number of benzene rings is 2. The molecule has 1 N–H and O–H groups in total. The van der Waals surface area contributed by atoms with Gasteiger partial charge in [0.15, 0.2) is 0 Å². The van der Waals surface area contributed by atoms with Crippen LogP contribution in [0.15, 0.2) is 89.3 Å². The summed E-state index contributed by atoms with van der Waals surface area (Å²) in [6.45, 7) is 2.89. The van der Waals surface area contributed by atoms with Crippen molar-refractivity contribution in [3.8, 4) is 0 Å². The second-order valence-electron chi connectivity index (χ2n) is 8.05. The Balaban J connectivity index is 1.51. The normalized spacial score (nSPS) is 11.7. The number of carbonyl (C=O) groups excluding carboxylic acids is 1. The van der Waals surface area contributed by atoms with Gasteiger partial charge in [0.2, 0.25) is 0 Å². The Morgan fingerprint density at radius 2 is 1.94 bits per heavy atom. The minimum absolute atomic E-state index is 0.0218. The molecule has 0 saturated heterocycles. The molecule has 0 aliphatic heterocycles. The molecule has 0 radical (unpaired) electrons. The minimum atomic E-state index is -0.312. The van der Waals surface area contributed by atoms with Gasteiger partial charge < -0.3 is 10.2 Å². The van der Waals surface area contributed by atoms with Gasteiger partial charge in [0.05, 0.1) is 6.54 Å². The molecular formula is C26H25ClN4O2S. The first-order valence-corrected chi connectivity index (χ1v) is 12.2. The summed E-state index contributed by atoms with van der Waals surface area (Å²) in [6, 6.07) is 20.7. The lowest BCUT2D eigenvalue weighted by molar-refractivity contribution is 0.188. The molecule has 0 spiro atoms. The van der Waals surface area contributed by atoms with Gasteiger partial charge in [-0.1, -0.05) is 41.9 Å². The van der Waals surface area contributed by atoms with Crippen LogP contribution in [0.4, 0.5) is 10.5 Å². The van der Waals surface area contributed by atoms with Crippen molar-refractivity contribution < 1.29 is 4.79 Å². The van der Waals surface area contributed by atoms with Crippen LogP contribution in [0.1, 0.15) is 22.9 Å². The summed E-state index contributed by atoms with van der Waals surface area (Å²) >= 11 is 7.73. The maximum atomic E-state index is 13.4. The van der Waals surface area contributed by atoms with Crippen LogP contribution < -0.4 is 11.0 Å². The number of halogens is 1. The molecule has 2 aromatic carbocycles. The molecule has 0 fully saturated rings. The second-order valence-corrected chi connectivity index (χ2v) is 9.52. The summed E-state index contributed by atoms with van der Waals surface area (Å²) in [6.07, 6.45) is 3.94. The van der Waals surface area contributed by atoms with E-state index in [1.165, 1.54) is 15.6 Å². The Labute approximate surface area is 207 Å². The minimum Gasteiger partial charge on any atom is -0.317 e. The maximum absolute atomic E-state index is 13.4. The quantitative estimate of drug-likeness (QED) is 0.344. The molecule has 0 bridgehead atoms. The summed E-state index contributed by atoms with van der Waals surface area (Å²) in [5.41, 5.74) is 2.25. The van der Waals surface area contributed by atoms with Gasteiger partial charge in [-0.15, -0.1) is 11.3 Å². The molecular weight excluding hydrogens is 468 g/mol. The predicted octanol–water partition coefficient (Wildman–Crippen LogP) is 5.67. The molecule has 1 atom stereocenters. The van der Waals surface area contributed by atoms with E-state index in [9.17, 15) is 9.59 Å². The standard InChI is InChI=1S/C26H25ClN4O2S/c1-19(15-24-7-3-14-34-24)31(18-20-8-10-22(27)11-9-20)26(33)29-23-6-2-5-21(16-23)17-30-13-4-12-28-25(30)32/h2-14,16,19H,15,17-18H2,1H3,(H,29,33)/t19-/m1/s1. The smallest absolute Gasteiger partial charge is 0.317 e. The van der Waals surface area contributed by atoms with Gasteiger partial charge in [0.1, 0.15) is 0 Å². The van der Waals surface area contributed by atoms with Gasteiger partial charge in [0.25, 0.3) is 0 Å². The summed E-state index contributed by atoms with van der Waals surface area (Å²) in [5, 5.41) is 5.75. The highest BCUT2D eigenvalue weighted by Crippen LogP contribution is 2.20. The summed E-state index contributed by atoms with van der Waals surface area (Å²) < 4.78 is 1.52. The molecule has 2 aromatic heterocycles. The summed E-state index contributed by atoms with van der Waals surface area (Å²) in [5.74, 6) is 0. The molecule has 2 amide bonds. The number of hydrogen-bond acceptors (Lipinski definition) is 4. The van der Waals surface area contributed by atoms with Crippen molar-refractivity contribution in [2.45, 2.75) is 32.5 Å². The van der Waals surface area contributed by atoms with Crippen molar-refractivity contribution in [3.05, 3.63) is 116 Å². The third-order valence-electron chi connectivity index (χ3n) is 5.45. The molecule has 2 heterocycles. The number of hydrogen-bond donors (Lipinski definition) is 1. The fourth-order valence-corrected chi connectivity index (χ4v) is 4.64. The van der Waals surface area contributed by atoms with E-state index in [-0.39, 0.29) is 17.8 Å². The fourth-order valence-electron chi connectivity index (χ4n) is 3.69. The SMILES string of the molecule is C[C@H](Cc1cccs1)N(Cc1ccc(Cl)cc1)C(=O)Nc1cccc(Cn2cccnc2=O)c1. The molecule has 34 heavy (non-hydrogen) atoms. The van der Waals surface area contributed by atoms with Gasteiger partial charge >= 0.3 is 11.7 Å². The van der Waals surface area contributed by atoms with Gasteiger partial charge in [-0.05, 0) is 59.8 Å². The van der Waals surface area contributed by atoms with Crippen molar-refractivity contribution >= 4 is 34.7 Å². The number of anilines is 1. The zero-order valence-electron chi connectivity index (χ0n) is 18.7. The number of nitrogens with one attached hydrogen (secondary N) is 1. The third-order valence-corrected chi connectivity index (χ3v) is 6.60. The van der Waals surface area contributed by atoms with E-state index in [1.807, 2.05) is 64.9 Å². The zero-order valence-corrected chi connectivity index (χ0v) is 20.3. The summed E-state index contributed by atoms with van der Waals surface area (Å²) in [4.78, 5) is 32.2. The van der Waals surface area contributed by atoms with Crippen molar-refractivity contribution in [2.75, 3.05) is 5.32 Å². The van der Waals surface area contributed by atoms with Gasteiger partial charge in [-0.2, -0.15) is 0 Å². The van der Waals surface area contributed by atoms with Crippen molar-refractivity contribution in [1.29, 1.82) is 0 Å². The Bertz CT molecular complexity index is 1290. The molecule has 0 aliphatic carbocycles. The van der Waals surface area contributed by atoms with Crippen LogP contribution >= 0.6 is 22.9 Å². The molecule has 4 rings (SSSR count). The predicted molar refractivity (Wildman–Crippen MR) is 138 cm³/mol. The molecule has 6 nitrogen and oxygen atoms in total. The largest absolute Gasteiger partial charge is 0.347 e. The van der Waals surface area contributed by atoms with Crippen LogP contribution in [0.2, 0.25) is 5.02 Å². The maximum Gasteiger partial charge on any atom is 0.347 e. The Morgan fingerprint density at radius 3 is 2.68 bits per heavy atom. The van der Waals surface area contributed by atoms with E-state index < -0.39 is 0 Å². The van der Waals surface area contributed by atoms with E-state index in [1.54, 1.807) is 23.6 Å². The lowest BCUT2D eigenvalue weighted by Crippen LogP contribution is -2.42. The van der Waals surface area contributed by atoms with Gasteiger partial charge in [-0.3, -0.25) is 4.57 Å². The van der Waals surface area contributed by atoms with Crippen molar-refractivity contribution in [2.24, 2.45) is 0 Å². The van der Waals surface area contributed by atoms with Crippen LogP contribution in [0.25, 0.3) is 0 Å². The number of amides is 2. The zero-order chi connectivity index (χ0) is 23.9.